The smallest absolute Gasteiger partial charge is 0.317 e. The molecule has 1 heterocycles. The number of nitrogens with zero attached hydrogens (tertiary/aromatic N) is 2. The van der Waals surface area contributed by atoms with Gasteiger partial charge in [-0.15, -0.1) is 0 Å². The molecule has 0 aromatic heterocycles. The van der Waals surface area contributed by atoms with Crippen molar-refractivity contribution < 1.29 is 28.6 Å². The van der Waals surface area contributed by atoms with E-state index in [9.17, 15) is 14.0 Å². The van der Waals surface area contributed by atoms with Crippen LogP contribution in [0.5, 0.6) is 5.75 Å². The number of carboxylic acid groups (broad SMARTS) is 1. The van der Waals surface area contributed by atoms with Crippen molar-refractivity contribution in [3.05, 3.63) is 30.1 Å². The van der Waals surface area contributed by atoms with Crippen LogP contribution in [0.1, 0.15) is 13.8 Å². The first-order valence-corrected chi connectivity index (χ1v) is 8.43. The standard InChI is InChI=1S/C18H25FN2O5/c1-18(2,26-14-6-4-13(19)5-7-14)17(24)21-8-9-25-15(11-21)10-20(3)12-16(22)23/h4-7,15H,8-12H2,1-3H3,(H,22,23). The predicted molar refractivity (Wildman–Crippen MR) is 92.6 cm³/mol. The average molecular weight is 368 g/mol. The second-order valence-corrected chi connectivity index (χ2v) is 6.90. The molecule has 0 bridgehead atoms. The van der Waals surface area contributed by atoms with Gasteiger partial charge in [-0.2, -0.15) is 0 Å². The summed E-state index contributed by atoms with van der Waals surface area (Å²) >= 11 is 0. The first-order valence-electron chi connectivity index (χ1n) is 8.43. The molecular weight excluding hydrogens is 343 g/mol. The maximum atomic E-state index is 13.0. The quantitative estimate of drug-likeness (QED) is 0.780. The Morgan fingerprint density at radius 3 is 2.65 bits per heavy atom. The zero-order chi connectivity index (χ0) is 19.3. The van der Waals surface area contributed by atoms with Crippen LogP contribution in [-0.2, 0) is 14.3 Å². The molecule has 0 spiro atoms. The topological polar surface area (TPSA) is 79.3 Å². The normalized spacial score (nSPS) is 18.0. The maximum absolute atomic E-state index is 13.0. The van der Waals surface area contributed by atoms with Gasteiger partial charge < -0.3 is 19.5 Å². The molecule has 2 rings (SSSR count). The fourth-order valence-electron chi connectivity index (χ4n) is 2.88. The number of hydrogen-bond acceptors (Lipinski definition) is 5. The lowest BCUT2D eigenvalue weighted by atomic mass is 10.1. The lowest BCUT2D eigenvalue weighted by Gasteiger charge is -2.38. The van der Waals surface area contributed by atoms with E-state index in [2.05, 4.69) is 0 Å². The Kier molecular flexibility index (Phi) is 6.55. The summed E-state index contributed by atoms with van der Waals surface area (Å²) in [6.45, 7) is 4.83. The van der Waals surface area contributed by atoms with E-state index in [1.54, 1.807) is 30.7 Å². The number of carbonyl (C=O) groups excluding carboxylic acids is 1. The molecule has 1 N–H and O–H groups in total. The van der Waals surface area contributed by atoms with Crippen molar-refractivity contribution in [1.82, 2.24) is 9.80 Å². The van der Waals surface area contributed by atoms with Gasteiger partial charge in [-0.1, -0.05) is 0 Å². The molecule has 0 aliphatic carbocycles. The van der Waals surface area contributed by atoms with E-state index < -0.39 is 11.6 Å². The monoisotopic (exact) mass is 368 g/mol. The predicted octanol–water partition coefficient (Wildman–Crippen LogP) is 1.23. The molecule has 1 atom stereocenters. The Hall–Kier alpha value is -2.19. The summed E-state index contributed by atoms with van der Waals surface area (Å²) in [5.74, 6) is -1.07. The number of amides is 1. The minimum absolute atomic E-state index is 0.0903. The van der Waals surface area contributed by atoms with Gasteiger partial charge in [0, 0.05) is 19.6 Å². The average Bonchev–Trinajstić information content (AvgIpc) is 2.55. The third-order valence-corrected chi connectivity index (χ3v) is 4.05. The highest BCUT2D eigenvalue weighted by atomic mass is 19.1. The van der Waals surface area contributed by atoms with Crippen LogP contribution in [0.2, 0.25) is 0 Å². The summed E-state index contributed by atoms with van der Waals surface area (Å²) in [6.07, 6.45) is -0.265. The van der Waals surface area contributed by atoms with E-state index in [-0.39, 0.29) is 24.4 Å². The summed E-state index contributed by atoms with van der Waals surface area (Å²) < 4.78 is 24.4. The van der Waals surface area contributed by atoms with Gasteiger partial charge in [0.2, 0.25) is 0 Å². The van der Waals surface area contributed by atoms with Gasteiger partial charge in [-0.05, 0) is 45.2 Å². The van der Waals surface area contributed by atoms with Crippen molar-refractivity contribution in [2.24, 2.45) is 0 Å². The highest BCUT2D eigenvalue weighted by molar-refractivity contribution is 5.85. The van der Waals surface area contributed by atoms with E-state index in [1.165, 1.54) is 24.3 Å². The summed E-state index contributed by atoms with van der Waals surface area (Å²) in [4.78, 5) is 26.9. The van der Waals surface area contributed by atoms with Crippen LogP contribution < -0.4 is 4.74 Å². The van der Waals surface area contributed by atoms with Crippen LogP contribution in [0.25, 0.3) is 0 Å². The lowest BCUT2D eigenvalue weighted by molar-refractivity contribution is -0.154. The third-order valence-electron chi connectivity index (χ3n) is 4.05. The number of morpholine rings is 1. The summed E-state index contributed by atoms with van der Waals surface area (Å²) in [5.41, 5.74) is -1.12. The van der Waals surface area contributed by atoms with E-state index >= 15 is 0 Å². The minimum Gasteiger partial charge on any atom is -0.480 e. The third kappa shape index (κ3) is 5.67. The molecular formula is C18H25FN2O5. The highest BCUT2D eigenvalue weighted by Gasteiger charge is 2.37. The lowest BCUT2D eigenvalue weighted by Crippen LogP contribution is -2.56. The molecule has 1 aliphatic heterocycles. The van der Waals surface area contributed by atoms with E-state index in [1.807, 2.05) is 0 Å². The van der Waals surface area contributed by atoms with Gasteiger partial charge in [-0.3, -0.25) is 14.5 Å². The van der Waals surface area contributed by atoms with Crippen LogP contribution in [0.15, 0.2) is 24.3 Å². The first-order chi connectivity index (χ1) is 12.2. The largest absolute Gasteiger partial charge is 0.480 e. The molecule has 1 unspecified atom stereocenters. The van der Waals surface area contributed by atoms with E-state index in [0.29, 0.717) is 32.0 Å². The van der Waals surface area contributed by atoms with E-state index in [4.69, 9.17) is 14.6 Å². The number of likely N-dealkylation sites (N-methyl/N-ethyl adjacent to an activating group) is 1. The first kappa shape index (κ1) is 20.1. The number of carboxylic acids is 1. The van der Waals surface area contributed by atoms with Gasteiger partial charge in [0.1, 0.15) is 11.6 Å². The summed E-state index contributed by atoms with van der Waals surface area (Å²) in [5, 5.41) is 8.83. The van der Waals surface area contributed by atoms with Crippen LogP contribution in [0.4, 0.5) is 4.39 Å². The zero-order valence-electron chi connectivity index (χ0n) is 15.3. The molecule has 1 aliphatic rings. The Labute approximate surface area is 152 Å². The molecule has 144 valence electrons. The van der Waals surface area contributed by atoms with Gasteiger partial charge in [0.25, 0.3) is 5.91 Å². The van der Waals surface area contributed by atoms with Gasteiger partial charge in [0.05, 0.1) is 19.3 Å². The van der Waals surface area contributed by atoms with Gasteiger partial charge >= 0.3 is 5.97 Å². The second-order valence-electron chi connectivity index (χ2n) is 6.90. The van der Waals surface area contributed by atoms with Crippen molar-refractivity contribution in [2.45, 2.75) is 25.6 Å². The number of carbonyl (C=O) groups is 2. The molecule has 0 radical (unpaired) electrons. The number of aliphatic carboxylic acids is 1. The molecule has 1 saturated heterocycles. The number of rotatable bonds is 7. The molecule has 0 saturated carbocycles. The fourth-order valence-corrected chi connectivity index (χ4v) is 2.88. The number of halogens is 1. The molecule has 26 heavy (non-hydrogen) atoms. The van der Waals surface area contributed by atoms with Crippen molar-refractivity contribution in [1.29, 1.82) is 0 Å². The second kappa shape index (κ2) is 8.46. The number of hydrogen-bond donors (Lipinski definition) is 1. The fraction of sp³-hybridized carbons (Fsp3) is 0.556. The zero-order valence-corrected chi connectivity index (χ0v) is 15.3. The number of ether oxygens (including phenoxy) is 2. The van der Waals surface area contributed by atoms with Crippen molar-refractivity contribution in [3.8, 4) is 5.75 Å². The summed E-state index contributed by atoms with van der Waals surface area (Å²) in [6, 6.07) is 5.51. The molecule has 7 nitrogen and oxygen atoms in total. The Balaban J connectivity index is 1.96. The van der Waals surface area contributed by atoms with E-state index in [0.717, 1.165) is 0 Å². The SMILES string of the molecule is CN(CC(=O)O)CC1CN(C(=O)C(C)(C)Oc2ccc(F)cc2)CCO1. The molecule has 1 aromatic rings. The molecule has 1 aromatic carbocycles. The molecule has 1 fully saturated rings. The Morgan fingerprint density at radius 1 is 1.38 bits per heavy atom. The molecule has 8 heteroatoms. The Bertz CT molecular complexity index is 635. The van der Waals surface area contributed by atoms with Crippen molar-refractivity contribution in [2.75, 3.05) is 39.8 Å². The van der Waals surface area contributed by atoms with Crippen molar-refractivity contribution in [3.63, 3.8) is 0 Å². The summed E-state index contributed by atoms with van der Waals surface area (Å²) in [7, 11) is 1.69. The van der Waals surface area contributed by atoms with Crippen LogP contribution in [0, 0.1) is 5.82 Å². The van der Waals surface area contributed by atoms with Crippen LogP contribution >= 0.6 is 0 Å². The maximum Gasteiger partial charge on any atom is 0.317 e. The van der Waals surface area contributed by atoms with Crippen LogP contribution in [-0.4, -0.2) is 78.3 Å². The Morgan fingerprint density at radius 2 is 2.04 bits per heavy atom. The highest BCUT2D eigenvalue weighted by Crippen LogP contribution is 2.22. The van der Waals surface area contributed by atoms with Crippen molar-refractivity contribution >= 4 is 11.9 Å². The van der Waals surface area contributed by atoms with Crippen LogP contribution in [0.3, 0.4) is 0 Å². The van der Waals surface area contributed by atoms with Gasteiger partial charge in [-0.25, -0.2) is 4.39 Å². The minimum atomic E-state index is -1.12. The number of benzene rings is 1. The molecule has 1 amide bonds. The van der Waals surface area contributed by atoms with Gasteiger partial charge in [0.15, 0.2) is 5.60 Å².